The van der Waals surface area contributed by atoms with Crippen LogP contribution < -0.4 is 5.32 Å². The Hall–Kier alpha value is -0.780. The molecule has 1 aliphatic carbocycles. The van der Waals surface area contributed by atoms with Crippen LogP contribution in [0, 0.1) is 0 Å². The van der Waals surface area contributed by atoms with Gasteiger partial charge in [0.25, 0.3) is 0 Å². The number of nitrogens with one attached hydrogen (secondary N) is 1. The molecule has 1 saturated heterocycles. The molecule has 0 aromatic carbocycles. The molecule has 110 valence electrons. The number of rotatable bonds is 2. The van der Waals surface area contributed by atoms with Crippen molar-refractivity contribution in [3.63, 3.8) is 0 Å². The molecule has 2 aliphatic rings. The maximum atomic E-state index is 12.2. The van der Waals surface area contributed by atoms with E-state index in [1.807, 2.05) is 0 Å². The molecule has 0 bridgehead atoms. The molecule has 1 unspecified atom stereocenters. The van der Waals surface area contributed by atoms with E-state index in [0.29, 0.717) is 25.7 Å². The fourth-order valence-electron chi connectivity index (χ4n) is 2.93. The standard InChI is InChI=1S/C13H23NO4S/c1-11(2,3)18-10(15)14-13(7-8-13)12(4)6-5-9-19(12,16)17/h5-9H2,1-4H3,(H,14,15). The third-order valence-corrected chi connectivity index (χ3v) is 7.05. The molecule has 2 rings (SSSR count). The smallest absolute Gasteiger partial charge is 0.408 e. The first-order chi connectivity index (χ1) is 8.52. The normalized spacial score (nSPS) is 31.8. The second kappa shape index (κ2) is 4.11. The van der Waals surface area contributed by atoms with E-state index < -0.39 is 31.8 Å². The fourth-order valence-corrected chi connectivity index (χ4v) is 5.21. The number of hydrogen-bond acceptors (Lipinski definition) is 4. The van der Waals surface area contributed by atoms with Crippen LogP contribution in [-0.4, -0.2) is 36.2 Å². The summed E-state index contributed by atoms with van der Waals surface area (Å²) in [7, 11) is -3.14. The molecular weight excluding hydrogens is 266 g/mol. The van der Waals surface area contributed by atoms with Gasteiger partial charge < -0.3 is 10.1 Å². The van der Waals surface area contributed by atoms with Crippen LogP contribution in [0.25, 0.3) is 0 Å². The first kappa shape index (κ1) is 14.6. The minimum Gasteiger partial charge on any atom is -0.444 e. The third kappa shape index (κ3) is 2.47. The van der Waals surface area contributed by atoms with Crippen LogP contribution in [0.5, 0.6) is 0 Å². The average Bonchev–Trinajstić information content (AvgIpc) is 2.89. The lowest BCUT2D eigenvalue weighted by molar-refractivity contribution is 0.0482. The lowest BCUT2D eigenvalue weighted by Gasteiger charge is -2.34. The maximum absolute atomic E-state index is 12.2. The Kier molecular flexibility index (Phi) is 3.16. The van der Waals surface area contributed by atoms with E-state index in [-0.39, 0.29) is 5.75 Å². The van der Waals surface area contributed by atoms with Gasteiger partial charge in [-0.1, -0.05) is 0 Å². The Bertz CT molecular complexity index is 487. The first-order valence-electron chi connectivity index (χ1n) is 6.75. The average molecular weight is 289 g/mol. The summed E-state index contributed by atoms with van der Waals surface area (Å²) in [5.74, 6) is 0.223. The minimum atomic E-state index is -3.14. The van der Waals surface area contributed by atoms with Gasteiger partial charge in [-0.25, -0.2) is 13.2 Å². The minimum absolute atomic E-state index is 0.223. The highest BCUT2D eigenvalue weighted by atomic mass is 32.2. The van der Waals surface area contributed by atoms with Gasteiger partial charge in [-0.2, -0.15) is 0 Å². The van der Waals surface area contributed by atoms with Crippen molar-refractivity contribution in [2.24, 2.45) is 0 Å². The van der Waals surface area contributed by atoms with Crippen LogP contribution >= 0.6 is 0 Å². The van der Waals surface area contributed by atoms with Crippen LogP contribution in [0.1, 0.15) is 53.4 Å². The molecule has 1 saturated carbocycles. The predicted octanol–water partition coefficient (Wildman–Crippen LogP) is 2.01. The van der Waals surface area contributed by atoms with E-state index >= 15 is 0 Å². The molecule has 0 spiro atoms. The van der Waals surface area contributed by atoms with Gasteiger partial charge in [-0.15, -0.1) is 0 Å². The number of ether oxygens (including phenoxy) is 1. The highest BCUT2D eigenvalue weighted by Gasteiger charge is 2.65. The highest BCUT2D eigenvalue weighted by molar-refractivity contribution is 7.93. The summed E-state index contributed by atoms with van der Waals surface area (Å²) in [5, 5.41) is 2.82. The van der Waals surface area contributed by atoms with Gasteiger partial charge in [0.05, 0.1) is 16.0 Å². The summed E-state index contributed by atoms with van der Waals surface area (Å²) in [4.78, 5) is 11.9. The second-order valence-electron chi connectivity index (χ2n) is 6.86. The number of carbonyl (C=O) groups excluding carboxylic acids is 1. The molecule has 1 aliphatic heterocycles. The van der Waals surface area contributed by atoms with Crippen molar-refractivity contribution in [1.82, 2.24) is 5.32 Å². The van der Waals surface area contributed by atoms with E-state index in [1.54, 1.807) is 27.7 Å². The molecule has 1 amide bonds. The van der Waals surface area contributed by atoms with Gasteiger partial charge in [0.2, 0.25) is 0 Å². The summed E-state index contributed by atoms with van der Waals surface area (Å²) in [6.07, 6.45) is 2.19. The molecule has 0 aromatic rings. The van der Waals surface area contributed by atoms with Crippen molar-refractivity contribution in [1.29, 1.82) is 0 Å². The van der Waals surface area contributed by atoms with Crippen molar-refractivity contribution in [3.8, 4) is 0 Å². The summed E-state index contributed by atoms with van der Waals surface area (Å²) in [6.45, 7) is 7.14. The molecule has 1 heterocycles. The number of hydrogen-bond donors (Lipinski definition) is 1. The van der Waals surface area contributed by atoms with Crippen molar-refractivity contribution in [2.45, 2.75) is 69.3 Å². The van der Waals surface area contributed by atoms with Crippen molar-refractivity contribution in [2.75, 3.05) is 5.75 Å². The van der Waals surface area contributed by atoms with E-state index in [9.17, 15) is 13.2 Å². The Balaban J connectivity index is 2.14. The van der Waals surface area contributed by atoms with Crippen LogP contribution in [0.15, 0.2) is 0 Å². The Morgan fingerprint density at radius 1 is 1.21 bits per heavy atom. The molecule has 0 radical (unpaired) electrons. The molecular formula is C13H23NO4S. The molecule has 19 heavy (non-hydrogen) atoms. The van der Waals surface area contributed by atoms with Crippen LogP contribution in [0.4, 0.5) is 4.79 Å². The largest absolute Gasteiger partial charge is 0.444 e. The zero-order valence-electron chi connectivity index (χ0n) is 12.1. The van der Waals surface area contributed by atoms with Crippen molar-refractivity contribution >= 4 is 15.9 Å². The Morgan fingerprint density at radius 3 is 2.16 bits per heavy atom. The number of carbonyl (C=O) groups is 1. The zero-order valence-corrected chi connectivity index (χ0v) is 12.9. The summed E-state index contributed by atoms with van der Waals surface area (Å²) < 4.78 is 28.9. The molecule has 0 aromatic heterocycles. The van der Waals surface area contributed by atoms with E-state index in [1.165, 1.54) is 0 Å². The quantitative estimate of drug-likeness (QED) is 0.844. The topological polar surface area (TPSA) is 72.5 Å². The van der Waals surface area contributed by atoms with E-state index in [0.717, 1.165) is 0 Å². The molecule has 6 heteroatoms. The third-order valence-electron chi connectivity index (χ3n) is 4.26. The van der Waals surface area contributed by atoms with Gasteiger partial charge in [-0.3, -0.25) is 0 Å². The summed E-state index contributed by atoms with van der Waals surface area (Å²) in [6, 6.07) is 0. The number of amides is 1. The molecule has 2 fully saturated rings. The maximum Gasteiger partial charge on any atom is 0.408 e. The number of alkyl carbamates (subject to hydrolysis) is 1. The molecule has 5 nitrogen and oxygen atoms in total. The fraction of sp³-hybridized carbons (Fsp3) is 0.923. The van der Waals surface area contributed by atoms with Crippen molar-refractivity contribution in [3.05, 3.63) is 0 Å². The van der Waals surface area contributed by atoms with Gasteiger partial charge in [0, 0.05) is 0 Å². The number of sulfone groups is 1. The van der Waals surface area contributed by atoms with Gasteiger partial charge in [0.1, 0.15) is 5.60 Å². The summed E-state index contributed by atoms with van der Waals surface area (Å²) >= 11 is 0. The lowest BCUT2D eigenvalue weighted by atomic mass is 9.94. The Morgan fingerprint density at radius 2 is 1.79 bits per heavy atom. The molecule has 1 N–H and O–H groups in total. The second-order valence-corrected chi connectivity index (χ2v) is 9.40. The predicted molar refractivity (Wildman–Crippen MR) is 72.8 cm³/mol. The van der Waals surface area contributed by atoms with Gasteiger partial charge in [0.15, 0.2) is 9.84 Å². The Labute approximate surface area is 115 Å². The van der Waals surface area contributed by atoms with Crippen LogP contribution in [-0.2, 0) is 14.6 Å². The van der Waals surface area contributed by atoms with Crippen LogP contribution in [0.2, 0.25) is 0 Å². The van der Waals surface area contributed by atoms with E-state index in [2.05, 4.69) is 5.32 Å². The van der Waals surface area contributed by atoms with Crippen LogP contribution in [0.3, 0.4) is 0 Å². The SMILES string of the molecule is CC(C)(C)OC(=O)NC1(C2(C)CCCS2(=O)=O)CC1. The van der Waals surface area contributed by atoms with Crippen molar-refractivity contribution < 1.29 is 17.9 Å². The highest BCUT2D eigenvalue weighted by Crippen LogP contribution is 2.53. The lowest BCUT2D eigenvalue weighted by Crippen LogP contribution is -2.56. The first-order valence-corrected chi connectivity index (χ1v) is 8.40. The monoisotopic (exact) mass is 289 g/mol. The zero-order chi connectivity index (χ0) is 14.5. The summed E-state index contributed by atoms with van der Waals surface area (Å²) in [5.41, 5.74) is -1.19. The van der Waals surface area contributed by atoms with Gasteiger partial charge >= 0.3 is 6.09 Å². The van der Waals surface area contributed by atoms with Gasteiger partial charge in [-0.05, 0) is 53.4 Å². The van der Waals surface area contributed by atoms with E-state index in [4.69, 9.17) is 4.74 Å². The molecule has 1 atom stereocenters.